The van der Waals surface area contributed by atoms with Gasteiger partial charge in [0.05, 0.1) is 11.6 Å². The van der Waals surface area contributed by atoms with Crippen LogP contribution in [0.25, 0.3) is 0 Å². The van der Waals surface area contributed by atoms with Crippen molar-refractivity contribution in [1.29, 1.82) is 5.26 Å². The number of benzene rings is 1. The van der Waals surface area contributed by atoms with Gasteiger partial charge in [-0.15, -0.1) is 0 Å². The predicted molar refractivity (Wildman–Crippen MR) is 94.2 cm³/mol. The fraction of sp³-hybridized carbons (Fsp3) is 0.600. The summed E-state index contributed by atoms with van der Waals surface area (Å²) in [6.45, 7) is 6.72. The first kappa shape index (κ1) is 18.5. The van der Waals surface area contributed by atoms with Crippen molar-refractivity contribution in [3.63, 3.8) is 0 Å². The summed E-state index contributed by atoms with van der Waals surface area (Å²) in [6, 6.07) is 9.51. The van der Waals surface area contributed by atoms with Crippen LogP contribution in [0.2, 0.25) is 0 Å². The van der Waals surface area contributed by atoms with E-state index >= 15 is 0 Å². The first-order chi connectivity index (χ1) is 11.4. The Hall–Kier alpha value is -1.86. The molecule has 24 heavy (non-hydrogen) atoms. The van der Waals surface area contributed by atoms with Crippen molar-refractivity contribution in [2.75, 3.05) is 6.54 Å². The molecular formula is C20H28N2O2. The normalized spacial score (nSPS) is 26.8. The minimum Gasteiger partial charge on any atom is -0.380 e. The van der Waals surface area contributed by atoms with Gasteiger partial charge in [-0.3, -0.25) is 4.79 Å². The molecule has 0 radical (unpaired) electrons. The van der Waals surface area contributed by atoms with Crippen LogP contribution in [0.1, 0.15) is 51.2 Å². The molecule has 1 aromatic rings. The van der Waals surface area contributed by atoms with Gasteiger partial charge in [0.15, 0.2) is 0 Å². The molecule has 3 atom stereocenters. The highest BCUT2D eigenvalue weighted by atomic mass is 16.3. The summed E-state index contributed by atoms with van der Waals surface area (Å²) < 4.78 is 0. The van der Waals surface area contributed by atoms with E-state index in [0.29, 0.717) is 30.9 Å². The molecule has 0 saturated heterocycles. The van der Waals surface area contributed by atoms with E-state index in [1.54, 1.807) is 6.07 Å². The lowest BCUT2D eigenvalue weighted by Crippen LogP contribution is -2.56. The molecule has 1 saturated carbocycles. The Balaban J connectivity index is 1.98. The van der Waals surface area contributed by atoms with E-state index in [9.17, 15) is 9.90 Å². The third kappa shape index (κ3) is 4.15. The van der Waals surface area contributed by atoms with Gasteiger partial charge in [-0.1, -0.05) is 39.3 Å². The average Bonchev–Trinajstić information content (AvgIpc) is 2.54. The van der Waals surface area contributed by atoms with E-state index in [4.69, 9.17) is 5.26 Å². The van der Waals surface area contributed by atoms with Crippen molar-refractivity contribution in [3.8, 4) is 6.07 Å². The molecule has 0 spiro atoms. The Kier molecular flexibility index (Phi) is 6.01. The highest BCUT2D eigenvalue weighted by Crippen LogP contribution is 2.41. The molecule has 1 aliphatic rings. The van der Waals surface area contributed by atoms with Crippen molar-refractivity contribution in [2.45, 2.75) is 52.1 Å². The predicted octanol–water partition coefficient (Wildman–Crippen LogP) is 3.04. The number of hydrogen-bond donors (Lipinski definition) is 2. The Morgan fingerprint density at radius 3 is 2.88 bits per heavy atom. The van der Waals surface area contributed by atoms with Gasteiger partial charge in [0.2, 0.25) is 0 Å². The van der Waals surface area contributed by atoms with Crippen LogP contribution in [0.4, 0.5) is 0 Å². The Morgan fingerprint density at radius 2 is 2.21 bits per heavy atom. The lowest BCUT2D eigenvalue weighted by atomic mass is 9.66. The van der Waals surface area contributed by atoms with Gasteiger partial charge in [-0.2, -0.15) is 5.26 Å². The summed E-state index contributed by atoms with van der Waals surface area (Å²) in [7, 11) is 0. The van der Waals surface area contributed by atoms with Gasteiger partial charge in [0.25, 0.3) is 5.91 Å². The quantitative estimate of drug-likeness (QED) is 0.872. The summed E-state index contributed by atoms with van der Waals surface area (Å²) in [4.78, 5) is 12.7. The Labute approximate surface area is 144 Å². The van der Waals surface area contributed by atoms with E-state index in [0.717, 1.165) is 18.4 Å². The van der Waals surface area contributed by atoms with Crippen molar-refractivity contribution in [1.82, 2.24) is 5.32 Å². The smallest absolute Gasteiger partial charge is 0.252 e. The highest BCUT2D eigenvalue weighted by Gasteiger charge is 2.48. The van der Waals surface area contributed by atoms with Gasteiger partial charge in [-0.05, 0) is 54.7 Å². The number of hydrogen-bond acceptors (Lipinski definition) is 3. The molecule has 130 valence electrons. The van der Waals surface area contributed by atoms with Crippen molar-refractivity contribution in [2.24, 2.45) is 17.8 Å². The zero-order chi connectivity index (χ0) is 17.7. The third-order valence-electron chi connectivity index (χ3n) is 5.20. The first-order valence-electron chi connectivity index (χ1n) is 8.86. The third-order valence-corrected chi connectivity index (χ3v) is 5.20. The molecule has 0 aliphatic heterocycles. The van der Waals surface area contributed by atoms with Gasteiger partial charge in [-0.25, -0.2) is 0 Å². The monoisotopic (exact) mass is 328 g/mol. The van der Waals surface area contributed by atoms with E-state index in [1.807, 2.05) is 18.2 Å². The minimum atomic E-state index is -1.26. The van der Waals surface area contributed by atoms with Gasteiger partial charge >= 0.3 is 0 Å². The number of rotatable bonds is 5. The number of nitrogens with zero attached hydrogens (tertiary/aromatic N) is 1. The standard InChI is InChI=1S/C20H28N2O2/c1-14(2)18-8-7-15(3)12-20(18,24)19(23)22-10-9-16-5-4-6-17(11-16)13-21/h4-6,11,14-15,18,24H,7-10,12H2,1-3H3,(H,22,23)/t15-,18+,20+/m1/s1. The van der Waals surface area contributed by atoms with Crippen LogP contribution in [-0.2, 0) is 11.2 Å². The van der Waals surface area contributed by atoms with Gasteiger partial charge < -0.3 is 10.4 Å². The van der Waals surface area contributed by atoms with E-state index in [-0.39, 0.29) is 17.7 Å². The SMILES string of the molecule is CC(C)[C@@H]1CC[C@@H](C)C[C@@]1(O)C(=O)NCCc1cccc(C#N)c1. The molecule has 1 aliphatic carbocycles. The van der Waals surface area contributed by atoms with Crippen LogP contribution in [0.5, 0.6) is 0 Å². The lowest BCUT2D eigenvalue weighted by molar-refractivity contribution is -0.155. The molecule has 0 aromatic heterocycles. The molecule has 1 fully saturated rings. The number of nitrogens with one attached hydrogen (secondary N) is 1. The molecule has 0 unspecified atom stereocenters. The van der Waals surface area contributed by atoms with Crippen LogP contribution in [0, 0.1) is 29.1 Å². The molecule has 4 heteroatoms. The summed E-state index contributed by atoms with van der Waals surface area (Å²) in [6.07, 6.45) is 3.15. The molecule has 1 amide bonds. The number of carbonyl (C=O) groups excluding carboxylic acids is 1. The maximum atomic E-state index is 12.7. The molecular weight excluding hydrogens is 300 g/mol. The van der Waals surface area contributed by atoms with Crippen LogP contribution < -0.4 is 5.32 Å². The second-order valence-electron chi connectivity index (χ2n) is 7.48. The molecule has 4 nitrogen and oxygen atoms in total. The summed E-state index contributed by atoms with van der Waals surface area (Å²) in [5.41, 5.74) is 0.373. The summed E-state index contributed by atoms with van der Waals surface area (Å²) in [5.74, 6) is 0.406. The largest absolute Gasteiger partial charge is 0.380 e. The fourth-order valence-corrected chi connectivity index (χ4v) is 3.90. The lowest BCUT2D eigenvalue weighted by Gasteiger charge is -2.43. The zero-order valence-corrected chi connectivity index (χ0v) is 14.9. The van der Waals surface area contributed by atoms with Crippen LogP contribution in [-0.4, -0.2) is 23.2 Å². The minimum absolute atomic E-state index is 0.00983. The number of carbonyl (C=O) groups is 1. The van der Waals surface area contributed by atoms with E-state index < -0.39 is 5.60 Å². The highest BCUT2D eigenvalue weighted by molar-refractivity contribution is 5.85. The maximum Gasteiger partial charge on any atom is 0.252 e. The second-order valence-corrected chi connectivity index (χ2v) is 7.48. The molecule has 0 heterocycles. The molecule has 2 N–H and O–H groups in total. The second kappa shape index (κ2) is 7.81. The maximum absolute atomic E-state index is 12.7. The first-order valence-corrected chi connectivity index (χ1v) is 8.86. The van der Waals surface area contributed by atoms with E-state index in [2.05, 4.69) is 32.2 Å². The molecule has 2 rings (SSSR count). The van der Waals surface area contributed by atoms with Crippen molar-refractivity contribution >= 4 is 5.91 Å². The molecule has 0 bridgehead atoms. The topological polar surface area (TPSA) is 73.1 Å². The van der Waals surface area contributed by atoms with E-state index in [1.165, 1.54) is 0 Å². The molecule has 1 aromatic carbocycles. The zero-order valence-electron chi connectivity index (χ0n) is 14.9. The number of amides is 1. The van der Waals surface area contributed by atoms with Crippen molar-refractivity contribution in [3.05, 3.63) is 35.4 Å². The fourth-order valence-electron chi connectivity index (χ4n) is 3.90. The van der Waals surface area contributed by atoms with Crippen LogP contribution >= 0.6 is 0 Å². The summed E-state index contributed by atoms with van der Waals surface area (Å²) >= 11 is 0. The van der Waals surface area contributed by atoms with Crippen molar-refractivity contribution < 1.29 is 9.90 Å². The average molecular weight is 328 g/mol. The van der Waals surface area contributed by atoms with Crippen LogP contribution in [0.3, 0.4) is 0 Å². The van der Waals surface area contributed by atoms with Crippen LogP contribution in [0.15, 0.2) is 24.3 Å². The summed E-state index contributed by atoms with van der Waals surface area (Å²) in [5, 5.41) is 22.9. The number of aliphatic hydroxyl groups is 1. The van der Waals surface area contributed by atoms with Gasteiger partial charge in [0, 0.05) is 6.54 Å². The Bertz CT molecular complexity index is 620. The number of nitriles is 1. The van der Waals surface area contributed by atoms with Gasteiger partial charge in [0.1, 0.15) is 5.60 Å². The Morgan fingerprint density at radius 1 is 1.46 bits per heavy atom.